The van der Waals surface area contributed by atoms with Gasteiger partial charge in [0.05, 0.1) is 12.7 Å². The van der Waals surface area contributed by atoms with Gasteiger partial charge in [-0.3, -0.25) is 0 Å². The predicted octanol–water partition coefficient (Wildman–Crippen LogP) is 1.29. The average molecular weight is 267 g/mol. The Morgan fingerprint density at radius 1 is 1.32 bits per heavy atom. The normalized spacial score (nSPS) is 18.3. The summed E-state index contributed by atoms with van der Waals surface area (Å²) >= 11 is 0. The van der Waals surface area contributed by atoms with Crippen molar-refractivity contribution in [2.75, 3.05) is 37.4 Å². The first-order valence-corrected chi connectivity index (χ1v) is 6.74. The fourth-order valence-electron chi connectivity index (χ4n) is 1.96. The van der Waals surface area contributed by atoms with E-state index in [0.717, 1.165) is 32.4 Å². The highest BCUT2D eigenvalue weighted by molar-refractivity contribution is 5.35. The molecule has 2 heterocycles. The van der Waals surface area contributed by atoms with Crippen molar-refractivity contribution in [2.45, 2.75) is 32.3 Å². The van der Waals surface area contributed by atoms with E-state index in [4.69, 9.17) is 9.47 Å². The van der Waals surface area contributed by atoms with Crippen LogP contribution in [-0.2, 0) is 4.74 Å². The zero-order valence-corrected chi connectivity index (χ0v) is 11.5. The standard InChI is InChI=1S/C12H21N5O2/c1-3-18-12-16-10(13-2)15-11(17-12)14-7-6-9-5-4-8-19-9/h9H,3-8H2,1-2H3,(H2,13,14,15,16,17). The molecule has 1 atom stereocenters. The maximum atomic E-state index is 5.57. The fraction of sp³-hybridized carbons (Fsp3) is 0.750. The summed E-state index contributed by atoms with van der Waals surface area (Å²) < 4.78 is 10.9. The van der Waals surface area contributed by atoms with Gasteiger partial charge in [0, 0.05) is 20.2 Å². The highest BCUT2D eigenvalue weighted by Gasteiger charge is 2.15. The molecular formula is C12H21N5O2. The maximum Gasteiger partial charge on any atom is 0.323 e. The largest absolute Gasteiger partial charge is 0.464 e. The second kappa shape index (κ2) is 7.08. The lowest BCUT2D eigenvalue weighted by Gasteiger charge is -2.11. The smallest absolute Gasteiger partial charge is 0.323 e. The Labute approximate surface area is 113 Å². The Morgan fingerprint density at radius 3 is 2.84 bits per heavy atom. The second-order valence-electron chi connectivity index (χ2n) is 4.30. The molecule has 1 aromatic heterocycles. The Balaban J connectivity index is 1.88. The summed E-state index contributed by atoms with van der Waals surface area (Å²) in [6, 6.07) is 0.335. The number of nitrogens with one attached hydrogen (secondary N) is 2. The van der Waals surface area contributed by atoms with Gasteiger partial charge in [-0.15, -0.1) is 0 Å². The van der Waals surface area contributed by atoms with Gasteiger partial charge in [0.15, 0.2) is 0 Å². The molecule has 19 heavy (non-hydrogen) atoms. The number of rotatable bonds is 7. The van der Waals surface area contributed by atoms with Crippen molar-refractivity contribution >= 4 is 11.9 Å². The average Bonchev–Trinajstić information content (AvgIpc) is 2.92. The molecule has 7 heteroatoms. The number of nitrogens with zero attached hydrogens (tertiary/aromatic N) is 3. The molecule has 1 saturated heterocycles. The van der Waals surface area contributed by atoms with Crippen LogP contribution in [0.25, 0.3) is 0 Å². The van der Waals surface area contributed by atoms with Crippen molar-refractivity contribution in [1.82, 2.24) is 15.0 Å². The van der Waals surface area contributed by atoms with Crippen LogP contribution in [0.15, 0.2) is 0 Å². The fourth-order valence-corrected chi connectivity index (χ4v) is 1.96. The van der Waals surface area contributed by atoms with Crippen LogP contribution < -0.4 is 15.4 Å². The van der Waals surface area contributed by atoms with Crippen LogP contribution in [0.2, 0.25) is 0 Å². The summed E-state index contributed by atoms with van der Waals surface area (Å²) in [5, 5.41) is 6.07. The van der Waals surface area contributed by atoms with E-state index >= 15 is 0 Å². The van der Waals surface area contributed by atoms with E-state index in [-0.39, 0.29) is 0 Å². The van der Waals surface area contributed by atoms with Crippen LogP contribution in [-0.4, -0.2) is 47.9 Å². The van der Waals surface area contributed by atoms with Crippen molar-refractivity contribution < 1.29 is 9.47 Å². The summed E-state index contributed by atoms with van der Waals surface area (Å²) in [5.74, 6) is 1.03. The molecule has 1 fully saturated rings. The summed E-state index contributed by atoms with van der Waals surface area (Å²) in [4.78, 5) is 12.5. The van der Waals surface area contributed by atoms with Crippen molar-refractivity contribution in [3.8, 4) is 6.01 Å². The van der Waals surface area contributed by atoms with E-state index in [2.05, 4.69) is 25.6 Å². The van der Waals surface area contributed by atoms with E-state index in [1.54, 1.807) is 7.05 Å². The first-order valence-electron chi connectivity index (χ1n) is 6.74. The van der Waals surface area contributed by atoms with Gasteiger partial charge in [0.1, 0.15) is 0 Å². The van der Waals surface area contributed by atoms with Gasteiger partial charge in [-0.05, 0) is 26.2 Å². The van der Waals surface area contributed by atoms with Crippen LogP contribution in [0.3, 0.4) is 0 Å². The van der Waals surface area contributed by atoms with Gasteiger partial charge >= 0.3 is 6.01 Å². The summed E-state index contributed by atoms with van der Waals surface area (Å²) in [6.45, 7) is 4.09. The first kappa shape index (κ1) is 13.8. The number of anilines is 2. The zero-order valence-electron chi connectivity index (χ0n) is 11.5. The van der Waals surface area contributed by atoms with Gasteiger partial charge in [-0.2, -0.15) is 15.0 Å². The minimum absolute atomic E-state index is 0.335. The molecule has 0 aliphatic carbocycles. The van der Waals surface area contributed by atoms with E-state index < -0.39 is 0 Å². The van der Waals surface area contributed by atoms with Crippen LogP contribution in [0.1, 0.15) is 26.2 Å². The monoisotopic (exact) mass is 267 g/mol. The van der Waals surface area contributed by atoms with Crippen LogP contribution in [0, 0.1) is 0 Å². The number of hydrogen-bond donors (Lipinski definition) is 2. The molecule has 1 aliphatic rings. The molecule has 7 nitrogen and oxygen atoms in total. The molecule has 0 aromatic carbocycles. The number of hydrogen-bond acceptors (Lipinski definition) is 7. The Bertz CT molecular complexity index is 396. The van der Waals surface area contributed by atoms with Gasteiger partial charge < -0.3 is 20.1 Å². The predicted molar refractivity (Wildman–Crippen MR) is 72.6 cm³/mol. The highest BCUT2D eigenvalue weighted by Crippen LogP contribution is 2.16. The van der Waals surface area contributed by atoms with E-state index in [9.17, 15) is 0 Å². The zero-order chi connectivity index (χ0) is 13.5. The minimum Gasteiger partial charge on any atom is -0.464 e. The molecule has 2 N–H and O–H groups in total. The van der Waals surface area contributed by atoms with Gasteiger partial charge in [0.25, 0.3) is 0 Å². The molecule has 106 valence electrons. The molecule has 1 unspecified atom stereocenters. The van der Waals surface area contributed by atoms with Gasteiger partial charge in [-0.1, -0.05) is 0 Å². The lowest BCUT2D eigenvalue weighted by molar-refractivity contribution is 0.107. The topological polar surface area (TPSA) is 81.2 Å². The molecule has 0 saturated carbocycles. The van der Waals surface area contributed by atoms with Gasteiger partial charge in [0.2, 0.25) is 11.9 Å². The lowest BCUT2D eigenvalue weighted by Crippen LogP contribution is -2.15. The third kappa shape index (κ3) is 4.20. The SMILES string of the molecule is CCOc1nc(NC)nc(NCCC2CCCO2)n1. The van der Waals surface area contributed by atoms with E-state index in [1.165, 1.54) is 0 Å². The summed E-state index contributed by atoms with van der Waals surface area (Å²) in [7, 11) is 1.77. The second-order valence-corrected chi connectivity index (χ2v) is 4.30. The van der Waals surface area contributed by atoms with Crippen molar-refractivity contribution in [2.24, 2.45) is 0 Å². The van der Waals surface area contributed by atoms with Crippen molar-refractivity contribution in [3.05, 3.63) is 0 Å². The Hall–Kier alpha value is -1.63. The molecule has 0 amide bonds. The molecule has 0 bridgehead atoms. The van der Waals surface area contributed by atoms with Crippen LogP contribution in [0.5, 0.6) is 6.01 Å². The Kier molecular flexibility index (Phi) is 5.14. The molecule has 0 radical (unpaired) electrons. The number of ether oxygens (including phenoxy) is 2. The van der Waals surface area contributed by atoms with Crippen molar-refractivity contribution in [1.29, 1.82) is 0 Å². The van der Waals surface area contributed by atoms with E-state index in [0.29, 0.717) is 30.6 Å². The molecule has 1 aromatic rings. The van der Waals surface area contributed by atoms with E-state index in [1.807, 2.05) is 6.92 Å². The van der Waals surface area contributed by atoms with Gasteiger partial charge in [-0.25, -0.2) is 0 Å². The molecule has 1 aliphatic heterocycles. The lowest BCUT2D eigenvalue weighted by atomic mass is 10.2. The third-order valence-corrected chi connectivity index (χ3v) is 2.89. The molecular weight excluding hydrogens is 246 g/mol. The summed E-state index contributed by atoms with van der Waals surface area (Å²) in [6.07, 6.45) is 3.63. The third-order valence-electron chi connectivity index (χ3n) is 2.89. The maximum absolute atomic E-state index is 5.57. The highest BCUT2D eigenvalue weighted by atomic mass is 16.5. The first-order chi connectivity index (χ1) is 9.31. The number of aromatic nitrogens is 3. The molecule has 2 rings (SSSR count). The quantitative estimate of drug-likeness (QED) is 0.770. The Morgan fingerprint density at radius 2 is 2.16 bits per heavy atom. The van der Waals surface area contributed by atoms with Crippen molar-refractivity contribution in [3.63, 3.8) is 0 Å². The molecule has 0 spiro atoms. The van der Waals surface area contributed by atoms with Crippen LogP contribution >= 0.6 is 0 Å². The minimum atomic E-state index is 0.335. The summed E-state index contributed by atoms with van der Waals surface area (Å²) in [5.41, 5.74) is 0. The van der Waals surface area contributed by atoms with Crippen LogP contribution in [0.4, 0.5) is 11.9 Å².